The van der Waals surface area contributed by atoms with E-state index in [9.17, 15) is 8.78 Å². The van der Waals surface area contributed by atoms with Gasteiger partial charge in [-0.1, -0.05) is 0 Å². The summed E-state index contributed by atoms with van der Waals surface area (Å²) < 4.78 is 28.2. The zero-order chi connectivity index (χ0) is 6.20. The van der Waals surface area contributed by atoms with Gasteiger partial charge < -0.3 is 9.84 Å². The SMILES string of the molecule is O[C@@H]1COCC1(F)F. The van der Waals surface area contributed by atoms with Crippen molar-refractivity contribution in [3.8, 4) is 0 Å². The second-order valence-corrected chi connectivity index (χ2v) is 1.79. The molecule has 1 aliphatic rings. The summed E-state index contributed by atoms with van der Waals surface area (Å²) in [6.45, 7) is -0.888. The molecule has 1 aliphatic heterocycles. The van der Waals surface area contributed by atoms with Crippen molar-refractivity contribution in [1.82, 2.24) is 0 Å². The average Bonchev–Trinajstić information content (AvgIpc) is 1.86. The van der Waals surface area contributed by atoms with Gasteiger partial charge in [0.15, 0.2) is 0 Å². The van der Waals surface area contributed by atoms with E-state index in [1.54, 1.807) is 0 Å². The van der Waals surface area contributed by atoms with Crippen LogP contribution in [0.25, 0.3) is 0 Å². The van der Waals surface area contributed by atoms with Crippen LogP contribution in [0.15, 0.2) is 0 Å². The van der Waals surface area contributed by atoms with Crippen molar-refractivity contribution in [2.24, 2.45) is 0 Å². The topological polar surface area (TPSA) is 29.5 Å². The standard InChI is InChI=1S/C4H6F2O2/c5-4(6)2-8-1-3(4)7/h3,7H,1-2H2/t3-/m1/s1. The maximum absolute atomic E-state index is 12.0. The number of hydrogen-bond acceptors (Lipinski definition) is 2. The summed E-state index contributed by atoms with van der Waals surface area (Å²) in [4.78, 5) is 0. The minimum Gasteiger partial charge on any atom is -0.384 e. The molecule has 0 aliphatic carbocycles. The Balaban J connectivity index is 2.54. The quantitative estimate of drug-likeness (QED) is 0.493. The highest BCUT2D eigenvalue weighted by Crippen LogP contribution is 2.24. The van der Waals surface area contributed by atoms with Crippen molar-refractivity contribution >= 4 is 0 Å². The fourth-order valence-electron chi connectivity index (χ4n) is 0.525. The van der Waals surface area contributed by atoms with E-state index in [1.165, 1.54) is 0 Å². The molecule has 0 radical (unpaired) electrons. The largest absolute Gasteiger partial charge is 0.384 e. The molecule has 0 unspecified atom stereocenters. The number of aliphatic hydroxyl groups excluding tert-OH is 1. The molecule has 0 aromatic carbocycles. The smallest absolute Gasteiger partial charge is 0.298 e. The number of alkyl halides is 2. The van der Waals surface area contributed by atoms with Gasteiger partial charge in [-0.05, 0) is 0 Å². The predicted molar refractivity (Wildman–Crippen MR) is 21.8 cm³/mol. The molecular formula is C4H6F2O2. The molecule has 0 bridgehead atoms. The number of halogens is 2. The Bertz CT molecular complexity index is 94.0. The van der Waals surface area contributed by atoms with E-state index in [1.807, 2.05) is 0 Å². The summed E-state index contributed by atoms with van der Waals surface area (Å²) in [5.41, 5.74) is 0. The molecule has 1 saturated heterocycles. The van der Waals surface area contributed by atoms with Gasteiger partial charge in [0, 0.05) is 0 Å². The number of ether oxygens (including phenoxy) is 1. The molecule has 0 spiro atoms. The van der Waals surface area contributed by atoms with Crippen LogP contribution in [0.1, 0.15) is 0 Å². The maximum Gasteiger partial charge on any atom is 0.298 e. The van der Waals surface area contributed by atoms with E-state index in [0.29, 0.717) is 0 Å². The van der Waals surface area contributed by atoms with Gasteiger partial charge in [-0.3, -0.25) is 0 Å². The average molecular weight is 124 g/mol. The first-order chi connectivity index (χ1) is 3.63. The van der Waals surface area contributed by atoms with E-state index < -0.39 is 18.6 Å². The Hall–Kier alpha value is -0.220. The van der Waals surface area contributed by atoms with Crippen LogP contribution in [0.5, 0.6) is 0 Å². The molecule has 1 atom stereocenters. The normalized spacial score (nSPS) is 35.6. The third-order valence-corrected chi connectivity index (χ3v) is 1.06. The zero-order valence-corrected chi connectivity index (χ0v) is 4.10. The molecule has 0 aromatic heterocycles. The molecule has 0 amide bonds. The summed E-state index contributed by atoms with van der Waals surface area (Å²) in [6.07, 6.45) is -1.59. The fourth-order valence-corrected chi connectivity index (χ4v) is 0.525. The molecule has 4 heteroatoms. The molecular weight excluding hydrogens is 118 g/mol. The van der Waals surface area contributed by atoms with E-state index in [4.69, 9.17) is 5.11 Å². The summed E-state index contributed by atoms with van der Waals surface area (Å²) >= 11 is 0. The first kappa shape index (κ1) is 5.91. The molecule has 48 valence electrons. The molecule has 1 rings (SSSR count). The van der Waals surface area contributed by atoms with E-state index in [-0.39, 0.29) is 6.61 Å². The van der Waals surface area contributed by atoms with Crippen molar-refractivity contribution in [2.75, 3.05) is 13.2 Å². The van der Waals surface area contributed by atoms with Gasteiger partial charge >= 0.3 is 0 Å². The van der Waals surface area contributed by atoms with Gasteiger partial charge in [0.25, 0.3) is 5.92 Å². The second-order valence-electron chi connectivity index (χ2n) is 1.79. The van der Waals surface area contributed by atoms with E-state index >= 15 is 0 Å². The lowest BCUT2D eigenvalue weighted by atomic mass is 10.2. The van der Waals surface area contributed by atoms with Crippen molar-refractivity contribution in [1.29, 1.82) is 0 Å². The van der Waals surface area contributed by atoms with E-state index in [0.717, 1.165) is 0 Å². The number of rotatable bonds is 0. The molecule has 2 nitrogen and oxygen atoms in total. The van der Waals surface area contributed by atoms with Crippen molar-refractivity contribution < 1.29 is 18.6 Å². The predicted octanol–water partition coefficient (Wildman–Crippen LogP) is 0.0128. The number of hydrogen-bond donors (Lipinski definition) is 1. The van der Waals surface area contributed by atoms with Crippen LogP contribution in [0.4, 0.5) is 8.78 Å². The Morgan fingerprint density at radius 1 is 1.62 bits per heavy atom. The minimum absolute atomic E-state index is 0.243. The van der Waals surface area contributed by atoms with Crippen molar-refractivity contribution in [2.45, 2.75) is 12.0 Å². The zero-order valence-electron chi connectivity index (χ0n) is 4.10. The van der Waals surface area contributed by atoms with Crippen molar-refractivity contribution in [3.05, 3.63) is 0 Å². The molecule has 0 aromatic rings. The van der Waals surface area contributed by atoms with Crippen LogP contribution in [0.3, 0.4) is 0 Å². The highest BCUT2D eigenvalue weighted by atomic mass is 19.3. The van der Waals surface area contributed by atoms with Gasteiger partial charge in [0.2, 0.25) is 0 Å². The van der Waals surface area contributed by atoms with Crippen LogP contribution < -0.4 is 0 Å². The fraction of sp³-hybridized carbons (Fsp3) is 1.00. The molecule has 1 fully saturated rings. The summed E-state index contributed by atoms with van der Waals surface area (Å²) in [7, 11) is 0. The van der Waals surface area contributed by atoms with Gasteiger partial charge in [0.1, 0.15) is 12.7 Å². The van der Waals surface area contributed by atoms with Gasteiger partial charge in [0.05, 0.1) is 6.61 Å². The Morgan fingerprint density at radius 3 is 2.38 bits per heavy atom. The van der Waals surface area contributed by atoms with Gasteiger partial charge in [-0.2, -0.15) is 0 Å². The summed E-state index contributed by atoms with van der Waals surface area (Å²) in [6, 6.07) is 0. The van der Waals surface area contributed by atoms with Crippen LogP contribution in [0.2, 0.25) is 0 Å². The first-order valence-electron chi connectivity index (χ1n) is 2.26. The summed E-state index contributed by atoms with van der Waals surface area (Å²) in [5, 5.41) is 8.38. The monoisotopic (exact) mass is 124 g/mol. The minimum atomic E-state index is -3.01. The molecule has 8 heavy (non-hydrogen) atoms. The first-order valence-corrected chi connectivity index (χ1v) is 2.26. The van der Waals surface area contributed by atoms with Gasteiger partial charge in [-0.25, -0.2) is 8.78 Å². The van der Waals surface area contributed by atoms with Crippen LogP contribution >= 0.6 is 0 Å². The molecule has 1 N–H and O–H groups in total. The lowest BCUT2D eigenvalue weighted by Gasteiger charge is -2.08. The Kier molecular flexibility index (Phi) is 1.21. The Morgan fingerprint density at radius 2 is 2.25 bits per heavy atom. The second kappa shape index (κ2) is 1.63. The maximum atomic E-state index is 12.0. The van der Waals surface area contributed by atoms with Crippen molar-refractivity contribution in [3.63, 3.8) is 0 Å². The lowest BCUT2D eigenvalue weighted by molar-refractivity contribution is -0.0759. The number of aliphatic hydroxyl groups is 1. The third-order valence-electron chi connectivity index (χ3n) is 1.06. The highest BCUT2D eigenvalue weighted by Gasteiger charge is 2.43. The van der Waals surface area contributed by atoms with Gasteiger partial charge in [-0.15, -0.1) is 0 Å². The van der Waals surface area contributed by atoms with Crippen LogP contribution in [0, 0.1) is 0 Å². The Labute approximate surface area is 45.1 Å². The van der Waals surface area contributed by atoms with E-state index in [2.05, 4.69) is 4.74 Å². The lowest BCUT2D eigenvalue weighted by Crippen LogP contribution is -2.30. The van der Waals surface area contributed by atoms with Crippen LogP contribution in [-0.2, 0) is 4.74 Å². The van der Waals surface area contributed by atoms with Crippen LogP contribution in [-0.4, -0.2) is 30.3 Å². The summed E-state index contributed by atoms with van der Waals surface area (Å²) in [5.74, 6) is -3.01. The third kappa shape index (κ3) is 0.809. The molecule has 1 heterocycles. The molecule has 0 saturated carbocycles. The highest BCUT2D eigenvalue weighted by molar-refractivity contribution is 4.80.